The molecule has 0 nitrogen and oxygen atoms in total. The molecule has 0 N–H and O–H groups in total. The molecule has 0 spiro atoms. The molecule has 2 saturated carbocycles. The summed E-state index contributed by atoms with van der Waals surface area (Å²) in [4.78, 5) is 0. The van der Waals surface area contributed by atoms with Crippen molar-refractivity contribution in [1.82, 2.24) is 0 Å². The third kappa shape index (κ3) is 5.26. The predicted octanol–water partition coefficient (Wildman–Crippen LogP) is 8.46. The summed E-state index contributed by atoms with van der Waals surface area (Å²) in [6.07, 6.45) is 10.2. The van der Waals surface area contributed by atoms with E-state index in [2.05, 4.69) is 48.5 Å². The minimum absolute atomic E-state index is 0.905. The van der Waals surface area contributed by atoms with Gasteiger partial charge >= 0.3 is 0 Å². The van der Waals surface area contributed by atoms with Crippen LogP contribution < -0.4 is 0 Å². The highest BCUT2D eigenvalue weighted by atomic mass is 14.6. The van der Waals surface area contributed by atoms with Crippen molar-refractivity contribution < 1.29 is 0 Å². The maximum Gasteiger partial charge on any atom is -0.0319 e. The van der Waals surface area contributed by atoms with Crippen LogP contribution >= 0.6 is 0 Å². The van der Waals surface area contributed by atoms with Gasteiger partial charge in [0.2, 0.25) is 0 Å². The average Bonchev–Trinajstić information content (AvgIpc) is 2.99. The van der Waals surface area contributed by atoms with Crippen molar-refractivity contribution in [2.24, 2.45) is 53.3 Å². The fraction of sp³-hybridized carbons (Fsp3) is 1.00. The van der Waals surface area contributed by atoms with E-state index in [1.54, 1.807) is 0 Å². The van der Waals surface area contributed by atoms with Crippen LogP contribution in [0.5, 0.6) is 0 Å². The molecule has 0 aromatic rings. The first-order valence-corrected chi connectivity index (χ1v) is 11.9. The second-order valence-corrected chi connectivity index (χ2v) is 9.62. The van der Waals surface area contributed by atoms with Gasteiger partial charge in [-0.3, -0.25) is 0 Å². The van der Waals surface area contributed by atoms with Crippen molar-refractivity contribution >= 4 is 0 Å². The Morgan fingerprint density at radius 1 is 0.880 bits per heavy atom. The summed E-state index contributed by atoms with van der Waals surface area (Å²) in [6, 6.07) is 0. The van der Waals surface area contributed by atoms with Gasteiger partial charge in [0.25, 0.3) is 0 Å². The molecule has 0 aromatic heterocycles. The smallest absolute Gasteiger partial charge is 0.0319 e. The van der Waals surface area contributed by atoms with Gasteiger partial charge in [0.1, 0.15) is 0 Å². The zero-order valence-corrected chi connectivity index (χ0v) is 19.1. The van der Waals surface area contributed by atoms with Crippen molar-refractivity contribution in [3.05, 3.63) is 0 Å². The maximum absolute atomic E-state index is 2.58. The van der Waals surface area contributed by atoms with Gasteiger partial charge in [0.15, 0.2) is 0 Å². The Labute approximate surface area is 160 Å². The lowest BCUT2D eigenvalue weighted by atomic mass is 9.52. The van der Waals surface area contributed by atoms with Gasteiger partial charge in [-0.2, -0.15) is 0 Å². The van der Waals surface area contributed by atoms with Crippen LogP contribution in [-0.4, -0.2) is 0 Å². The highest BCUT2D eigenvalue weighted by Crippen LogP contribution is 2.62. The molecule has 0 heteroatoms. The Morgan fingerprint density at radius 2 is 1.52 bits per heavy atom. The van der Waals surface area contributed by atoms with Crippen LogP contribution in [0.25, 0.3) is 0 Å². The van der Waals surface area contributed by atoms with Crippen molar-refractivity contribution in [2.75, 3.05) is 0 Å². The summed E-state index contributed by atoms with van der Waals surface area (Å²) >= 11 is 0. The van der Waals surface area contributed by atoms with Crippen molar-refractivity contribution in [2.45, 2.75) is 107 Å². The van der Waals surface area contributed by atoms with E-state index >= 15 is 0 Å². The van der Waals surface area contributed by atoms with E-state index < -0.39 is 0 Å². The Bertz CT molecular complexity index is 344. The molecular weight excluding hydrogens is 300 g/mol. The van der Waals surface area contributed by atoms with Crippen LogP contribution in [0.2, 0.25) is 0 Å². The lowest BCUT2D eigenvalue weighted by molar-refractivity contribution is -0.0560. The Hall–Kier alpha value is 0. The normalized spacial score (nSPS) is 34.6. The molecule has 2 aliphatic rings. The minimum Gasteiger partial charge on any atom is -0.0683 e. The molecule has 0 heterocycles. The number of fused-ring (bicyclic) bond motifs is 1. The topological polar surface area (TPSA) is 0 Å². The summed E-state index contributed by atoms with van der Waals surface area (Å²) in [6.45, 7) is 21.3. The lowest BCUT2D eigenvalue weighted by Gasteiger charge is -2.53. The first-order valence-electron chi connectivity index (χ1n) is 11.9. The number of rotatable bonds is 9. The van der Waals surface area contributed by atoms with Gasteiger partial charge in [-0.1, -0.05) is 94.4 Å². The van der Waals surface area contributed by atoms with Gasteiger partial charge in [-0.25, -0.2) is 0 Å². The molecule has 0 radical (unpaired) electrons. The predicted molar refractivity (Wildman–Crippen MR) is 115 cm³/mol. The summed E-state index contributed by atoms with van der Waals surface area (Å²) < 4.78 is 0. The summed E-state index contributed by atoms with van der Waals surface area (Å²) in [5, 5.41) is 0. The molecule has 8 unspecified atom stereocenters. The van der Waals surface area contributed by atoms with E-state index in [1.807, 2.05) is 13.8 Å². The molecule has 8 atom stereocenters. The first kappa shape index (κ1) is 23.0. The molecule has 25 heavy (non-hydrogen) atoms. The molecule has 0 aromatic carbocycles. The van der Waals surface area contributed by atoms with Crippen LogP contribution in [0.1, 0.15) is 107 Å². The van der Waals surface area contributed by atoms with Crippen molar-refractivity contribution in [3.63, 3.8) is 0 Å². The fourth-order valence-electron chi connectivity index (χ4n) is 6.56. The Balaban J connectivity index is 0.00000151. The fourth-order valence-corrected chi connectivity index (χ4v) is 6.56. The average molecular weight is 351 g/mol. The SMILES string of the molecule is CC.CCC(C)C(CC)CCCC(C)C1C(C)C2CCC(C(C)C)C21. The molecule has 2 aliphatic carbocycles. The molecule has 2 fully saturated rings. The van der Waals surface area contributed by atoms with E-state index in [4.69, 9.17) is 0 Å². The first-order chi connectivity index (χ1) is 11.9. The van der Waals surface area contributed by atoms with E-state index in [-0.39, 0.29) is 0 Å². The molecule has 2 rings (SSSR count). The van der Waals surface area contributed by atoms with Gasteiger partial charge in [0.05, 0.1) is 0 Å². The summed E-state index contributed by atoms with van der Waals surface area (Å²) in [7, 11) is 0. The third-order valence-electron chi connectivity index (χ3n) is 8.27. The maximum atomic E-state index is 2.58. The standard InChI is InChI=1S/C23H44.C2H6/c1-8-16(5)19(9-2)12-10-11-17(6)22-18(7)21-14-13-20(15(3)4)23(21)22;1-2/h15-23H,8-14H2,1-7H3;1-2H3. The number of hydrogen-bond acceptors (Lipinski definition) is 0. The molecule has 0 amide bonds. The van der Waals surface area contributed by atoms with E-state index in [0.717, 1.165) is 53.3 Å². The van der Waals surface area contributed by atoms with Crippen LogP contribution in [0.3, 0.4) is 0 Å². The van der Waals surface area contributed by atoms with Crippen LogP contribution in [0.15, 0.2) is 0 Å². The second kappa shape index (κ2) is 11.0. The minimum atomic E-state index is 0.905. The quantitative estimate of drug-likeness (QED) is 0.391. The zero-order valence-electron chi connectivity index (χ0n) is 19.1. The van der Waals surface area contributed by atoms with Crippen molar-refractivity contribution in [3.8, 4) is 0 Å². The molecule has 0 aliphatic heterocycles. The highest BCUT2D eigenvalue weighted by Gasteiger charge is 2.55. The largest absolute Gasteiger partial charge is 0.0683 e. The Morgan fingerprint density at radius 3 is 2.04 bits per heavy atom. The molecule has 0 bridgehead atoms. The zero-order chi connectivity index (χ0) is 19.1. The van der Waals surface area contributed by atoms with Crippen molar-refractivity contribution in [1.29, 1.82) is 0 Å². The van der Waals surface area contributed by atoms with Gasteiger partial charge in [0, 0.05) is 0 Å². The third-order valence-corrected chi connectivity index (χ3v) is 8.27. The highest BCUT2D eigenvalue weighted by molar-refractivity contribution is 5.04. The van der Waals surface area contributed by atoms with E-state index in [9.17, 15) is 0 Å². The lowest BCUT2D eigenvalue weighted by Crippen LogP contribution is -2.48. The van der Waals surface area contributed by atoms with Crippen LogP contribution in [-0.2, 0) is 0 Å². The molecule has 0 saturated heterocycles. The number of hydrogen-bond donors (Lipinski definition) is 0. The van der Waals surface area contributed by atoms with Crippen LogP contribution in [0.4, 0.5) is 0 Å². The summed E-state index contributed by atoms with van der Waals surface area (Å²) in [5.41, 5.74) is 0. The van der Waals surface area contributed by atoms with Gasteiger partial charge in [-0.05, 0) is 66.1 Å². The summed E-state index contributed by atoms with van der Waals surface area (Å²) in [5.74, 6) is 8.99. The molecule has 150 valence electrons. The van der Waals surface area contributed by atoms with Gasteiger partial charge in [-0.15, -0.1) is 0 Å². The van der Waals surface area contributed by atoms with E-state index in [0.29, 0.717) is 0 Å². The van der Waals surface area contributed by atoms with E-state index in [1.165, 1.54) is 44.9 Å². The Kier molecular flexibility index (Phi) is 10.1. The van der Waals surface area contributed by atoms with Gasteiger partial charge < -0.3 is 0 Å². The van der Waals surface area contributed by atoms with Crippen LogP contribution in [0, 0.1) is 53.3 Å². The monoisotopic (exact) mass is 350 g/mol. The molecular formula is C25H50. The second-order valence-electron chi connectivity index (χ2n) is 9.62.